The third-order valence-electron chi connectivity index (χ3n) is 4.73. The van der Waals surface area contributed by atoms with Gasteiger partial charge in [-0.25, -0.2) is 0 Å². The first-order valence-electron chi connectivity index (χ1n) is 8.95. The van der Waals surface area contributed by atoms with Crippen LogP contribution in [0.4, 0.5) is 0 Å². The van der Waals surface area contributed by atoms with Gasteiger partial charge < -0.3 is 4.90 Å². The molecule has 1 amide bonds. The van der Waals surface area contributed by atoms with Crippen LogP contribution in [0.5, 0.6) is 0 Å². The first-order chi connectivity index (χ1) is 11.8. The fourth-order valence-corrected chi connectivity index (χ4v) is 3.27. The third kappa shape index (κ3) is 3.85. The van der Waals surface area contributed by atoms with Crippen LogP contribution in [0.1, 0.15) is 30.1 Å². The van der Waals surface area contributed by atoms with E-state index in [1.54, 1.807) is 0 Å². The highest BCUT2D eigenvalue weighted by atomic mass is 16.2. The van der Waals surface area contributed by atoms with E-state index in [2.05, 4.69) is 24.0 Å². The van der Waals surface area contributed by atoms with Crippen molar-refractivity contribution in [3.8, 4) is 11.1 Å². The highest BCUT2D eigenvalue weighted by molar-refractivity contribution is 6.00. The van der Waals surface area contributed by atoms with Crippen LogP contribution >= 0.6 is 0 Å². The maximum absolute atomic E-state index is 13.0. The van der Waals surface area contributed by atoms with Crippen LogP contribution in [0.2, 0.25) is 0 Å². The molecule has 0 spiro atoms. The van der Waals surface area contributed by atoms with Gasteiger partial charge in [0.15, 0.2) is 0 Å². The minimum absolute atomic E-state index is 0.157. The Balaban J connectivity index is 1.73. The van der Waals surface area contributed by atoms with Crippen LogP contribution in [0.15, 0.2) is 54.6 Å². The molecule has 24 heavy (non-hydrogen) atoms. The smallest absolute Gasteiger partial charge is 0.254 e. The first kappa shape index (κ1) is 16.7. The van der Waals surface area contributed by atoms with E-state index in [1.165, 1.54) is 12.8 Å². The number of amides is 1. The largest absolute Gasteiger partial charge is 0.336 e. The lowest BCUT2D eigenvalue weighted by Gasteiger charge is -2.35. The summed E-state index contributed by atoms with van der Waals surface area (Å²) in [4.78, 5) is 17.5. The van der Waals surface area contributed by atoms with Gasteiger partial charge in [0.05, 0.1) is 0 Å². The quantitative estimate of drug-likeness (QED) is 0.833. The summed E-state index contributed by atoms with van der Waals surface area (Å²) in [6, 6.07) is 18.1. The molecule has 1 saturated heterocycles. The number of rotatable bonds is 5. The van der Waals surface area contributed by atoms with Gasteiger partial charge in [-0.15, -0.1) is 0 Å². The fraction of sp³-hybridized carbons (Fsp3) is 0.381. The normalized spacial score (nSPS) is 15.5. The predicted molar refractivity (Wildman–Crippen MR) is 99.1 cm³/mol. The number of piperazine rings is 1. The molecule has 0 unspecified atom stereocenters. The highest BCUT2D eigenvalue weighted by Crippen LogP contribution is 2.25. The number of hydrogen-bond donors (Lipinski definition) is 0. The maximum atomic E-state index is 13.0. The van der Waals surface area contributed by atoms with E-state index < -0.39 is 0 Å². The summed E-state index contributed by atoms with van der Waals surface area (Å²) in [5.74, 6) is 0.157. The number of nitrogens with zero attached hydrogens (tertiary/aromatic N) is 2. The molecular formula is C21H26N2O. The van der Waals surface area contributed by atoms with Crippen molar-refractivity contribution in [1.29, 1.82) is 0 Å². The topological polar surface area (TPSA) is 23.6 Å². The molecule has 2 aromatic rings. The predicted octanol–water partition coefficient (Wildman–Crippen LogP) is 3.91. The zero-order valence-corrected chi connectivity index (χ0v) is 14.4. The van der Waals surface area contributed by atoms with Gasteiger partial charge in [0.2, 0.25) is 0 Å². The molecule has 0 aromatic heterocycles. The molecule has 1 fully saturated rings. The Morgan fingerprint density at radius 1 is 0.917 bits per heavy atom. The lowest BCUT2D eigenvalue weighted by atomic mass is 9.98. The van der Waals surface area contributed by atoms with Gasteiger partial charge in [0.25, 0.3) is 5.91 Å². The number of benzene rings is 2. The van der Waals surface area contributed by atoms with Gasteiger partial charge in [0.1, 0.15) is 0 Å². The maximum Gasteiger partial charge on any atom is 0.254 e. The Morgan fingerprint density at radius 3 is 2.29 bits per heavy atom. The number of carbonyl (C=O) groups is 1. The molecule has 3 rings (SSSR count). The van der Waals surface area contributed by atoms with Gasteiger partial charge in [-0.1, -0.05) is 61.9 Å². The van der Waals surface area contributed by atoms with E-state index in [1.807, 2.05) is 47.4 Å². The first-order valence-corrected chi connectivity index (χ1v) is 8.95. The summed E-state index contributed by atoms with van der Waals surface area (Å²) in [5.41, 5.74) is 2.94. The van der Waals surface area contributed by atoms with Crippen molar-refractivity contribution in [2.45, 2.75) is 19.8 Å². The molecule has 2 aromatic carbocycles. The molecule has 3 nitrogen and oxygen atoms in total. The van der Waals surface area contributed by atoms with E-state index in [9.17, 15) is 4.79 Å². The average molecular weight is 322 g/mol. The van der Waals surface area contributed by atoms with Gasteiger partial charge in [-0.3, -0.25) is 9.69 Å². The molecule has 0 bridgehead atoms. The van der Waals surface area contributed by atoms with Crippen LogP contribution in [-0.4, -0.2) is 48.4 Å². The summed E-state index contributed by atoms with van der Waals surface area (Å²) < 4.78 is 0. The Bertz CT molecular complexity index is 661. The summed E-state index contributed by atoms with van der Waals surface area (Å²) >= 11 is 0. The number of carbonyl (C=O) groups excluding carboxylic acids is 1. The molecule has 0 aliphatic carbocycles. The highest BCUT2D eigenvalue weighted by Gasteiger charge is 2.23. The molecular weight excluding hydrogens is 296 g/mol. The van der Waals surface area contributed by atoms with Gasteiger partial charge in [-0.05, 0) is 30.2 Å². The molecule has 3 heteroatoms. The van der Waals surface area contributed by atoms with Crippen molar-refractivity contribution in [1.82, 2.24) is 9.80 Å². The van der Waals surface area contributed by atoms with Crippen LogP contribution in [0.3, 0.4) is 0 Å². The van der Waals surface area contributed by atoms with Crippen molar-refractivity contribution in [2.75, 3.05) is 32.7 Å². The van der Waals surface area contributed by atoms with Crippen molar-refractivity contribution in [3.05, 3.63) is 60.2 Å². The molecule has 0 saturated carbocycles. The second-order valence-electron chi connectivity index (χ2n) is 6.40. The van der Waals surface area contributed by atoms with E-state index in [4.69, 9.17) is 0 Å². The third-order valence-corrected chi connectivity index (χ3v) is 4.73. The second-order valence-corrected chi connectivity index (χ2v) is 6.40. The summed E-state index contributed by atoms with van der Waals surface area (Å²) in [6.45, 7) is 7.00. The molecule has 126 valence electrons. The summed E-state index contributed by atoms with van der Waals surface area (Å²) in [5, 5.41) is 0. The minimum atomic E-state index is 0.157. The van der Waals surface area contributed by atoms with Crippen molar-refractivity contribution in [3.63, 3.8) is 0 Å². The lowest BCUT2D eigenvalue weighted by molar-refractivity contribution is 0.0636. The molecule has 0 N–H and O–H groups in total. The van der Waals surface area contributed by atoms with Gasteiger partial charge in [0, 0.05) is 31.7 Å². The standard InChI is InChI=1S/C21H26N2O/c1-2-3-13-22-14-16-23(17-15-22)21(24)20-12-8-7-11-19(20)18-9-5-4-6-10-18/h4-12H,2-3,13-17H2,1H3. The van der Waals surface area contributed by atoms with Crippen LogP contribution in [0.25, 0.3) is 11.1 Å². The summed E-state index contributed by atoms with van der Waals surface area (Å²) in [7, 11) is 0. The average Bonchev–Trinajstić information content (AvgIpc) is 2.67. The Kier molecular flexibility index (Phi) is 5.65. The van der Waals surface area contributed by atoms with E-state index in [-0.39, 0.29) is 5.91 Å². The van der Waals surface area contributed by atoms with Gasteiger partial charge >= 0.3 is 0 Å². The SMILES string of the molecule is CCCCN1CCN(C(=O)c2ccccc2-c2ccccc2)CC1. The lowest BCUT2D eigenvalue weighted by Crippen LogP contribution is -2.48. The number of hydrogen-bond acceptors (Lipinski definition) is 2. The Labute approximate surface area is 144 Å². The molecule has 1 aliphatic rings. The van der Waals surface area contributed by atoms with Crippen LogP contribution in [-0.2, 0) is 0 Å². The second kappa shape index (κ2) is 8.11. The Hall–Kier alpha value is -2.13. The van der Waals surface area contributed by atoms with E-state index >= 15 is 0 Å². The summed E-state index contributed by atoms with van der Waals surface area (Å²) in [6.07, 6.45) is 2.47. The molecule has 0 radical (unpaired) electrons. The molecule has 0 atom stereocenters. The molecule has 1 aliphatic heterocycles. The van der Waals surface area contributed by atoms with Crippen molar-refractivity contribution < 1.29 is 4.79 Å². The van der Waals surface area contributed by atoms with E-state index in [0.29, 0.717) is 0 Å². The monoisotopic (exact) mass is 322 g/mol. The van der Waals surface area contributed by atoms with Crippen molar-refractivity contribution in [2.24, 2.45) is 0 Å². The van der Waals surface area contributed by atoms with Crippen LogP contribution in [0, 0.1) is 0 Å². The fourth-order valence-electron chi connectivity index (χ4n) is 3.27. The van der Waals surface area contributed by atoms with E-state index in [0.717, 1.165) is 49.4 Å². The Morgan fingerprint density at radius 2 is 1.58 bits per heavy atom. The van der Waals surface area contributed by atoms with Crippen molar-refractivity contribution >= 4 is 5.91 Å². The molecule has 1 heterocycles. The van der Waals surface area contributed by atoms with Gasteiger partial charge in [-0.2, -0.15) is 0 Å². The zero-order valence-electron chi connectivity index (χ0n) is 14.4. The number of unbranched alkanes of at least 4 members (excludes halogenated alkanes) is 1. The zero-order chi connectivity index (χ0) is 16.8. The minimum Gasteiger partial charge on any atom is -0.336 e. The van der Waals surface area contributed by atoms with Crippen LogP contribution < -0.4 is 0 Å².